The van der Waals surface area contributed by atoms with Crippen LogP contribution in [0.15, 0.2) is 6.20 Å². The highest BCUT2D eigenvalue weighted by atomic mass is 15.3. The molecule has 0 aliphatic carbocycles. The van der Waals surface area contributed by atoms with Crippen LogP contribution in [0.3, 0.4) is 0 Å². The molecule has 1 aliphatic rings. The highest BCUT2D eigenvalue weighted by Gasteiger charge is 2.13. The number of nitrogens with zero attached hydrogens (tertiary/aromatic N) is 5. The summed E-state index contributed by atoms with van der Waals surface area (Å²) in [6.07, 6.45) is 6.48. The number of hydrogen-bond acceptors (Lipinski definition) is 5. The van der Waals surface area contributed by atoms with Crippen LogP contribution in [0.25, 0.3) is 11.0 Å². The fourth-order valence-electron chi connectivity index (χ4n) is 2.88. The smallest absolute Gasteiger partial charge is 0.163 e. The number of anilines is 1. The van der Waals surface area contributed by atoms with E-state index in [4.69, 9.17) is 0 Å². The van der Waals surface area contributed by atoms with Crippen LogP contribution in [0.1, 0.15) is 32.0 Å². The molecule has 1 saturated heterocycles. The summed E-state index contributed by atoms with van der Waals surface area (Å²) in [5, 5.41) is 8.80. The number of rotatable bonds is 6. The number of aromatic nitrogens is 4. The average molecular weight is 288 g/mol. The van der Waals surface area contributed by atoms with Gasteiger partial charge in [-0.2, -0.15) is 5.10 Å². The Labute approximate surface area is 125 Å². The molecule has 0 spiro atoms. The largest absolute Gasteiger partial charge is 0.368 e. The van der Waals surface area contributed by atoms with E-state index in [2.05, 4.69) is 32.2 Å². The Morgan fingerprint density at radius 2 is 2.05 bits per heavy atom. The molecule has 0 amide bonds. The Kier molecular flexibility index (Phi) is 4.34. The predicted molar refractivity (Wildman–Crippen MR) is 84.5 cm³/mol. The van der Waals surface area contributed by atoms with Crippen molar-refractivity contribution >= 4 is 16.9 Å². The lowest BCUT2D eigenvalue weighted by molar-refractivity contribution is 0.352. The van der Waals surface area contributed by atoms with E-state index >= 15 is 0 Å². The van der Waals surface area contributed by atoms with Gasteiger partial charge in [-0.05, 0) is 32.4 Å². The van der Waals surface area contributed by atoms with Gasteiger partial charge in [0.1, 0.15) is 11.6 Å². The van der Waals surface area contributed by atoms with Gasteiger partial charge in [0.25, 0.3) is 0 Å². The van der Waals surface area contributed by atoms with E-state index in [-0.39, 0.29) is 0 Å². The van der Waals surface area contributed by atoms with E-state index in [9.17, 15) is 0 Å². The molecule has 1 N–H and O–H groups in total. The molecule has 2 aromatic rings. The topological polar surface area (TPSA) is 58.9 Å². The third-order valence-corrected chi connectivity index (χ3v) is 4.03. The van der Waals surface area contributed by atoms with Gasteiger partial charge in [0, 0.05) is 26.6 Å². The quantitative estimate of drug-likeness (QED) is 0.878. The lowest BCUT2D eigenvalue weighted by Crippen LogP contribution is -2.26. The first-order chi connectivity index (χ1) is 10.3. The maximum atomic E-state index is 4.67. The van der Waals surface area contributed by atoms with Gasteiger partial charge in [0.05, 0.1) is 11.6 Å². The zero-order valence-corrected chi connectivity index (χ0v) is 13.0. The van der Waals surface area contributed by atoms with Crippen molar-refractivity contribution in [1.29, 1.82) is 0 Å². The second-order valence-electron chi connectivity index (χ2n) is 5.72. The summed E-state index contributed by atoms with van der Waals surface area (Å²) in [7, 11) is 1.93. The molecule has 21 heavy (non-hydrogen) atoms. The van der Waals surface area contributed by atoms with E-state index in [1.807, 2.05) is 17.9 Å². The second kappa shape index (κ2) is 6.39. The molecule has 0 bridgehead atoms. The Bertz CT molecular complexity index is 599. The van der Waals surface area contributed by atoms with Crippen LogP contribution in [0, 0.1) is 0 Å². The lowest BCUT2D eigenvalue weighted by Gasteiger charge is -2.15. The number of hydrogen-bond donors (Lipinski definition) is 1. The predicted octanol–water partition coefficient (Wildman–Crippen LogP) is 1.82. The highest BCUT2D eigenvalue weighted by Crippen LogP contribution is 2.20. The maximum Gasteiger partial charge on any atom is 0.163 e. The monoisotopic (exact) mass is 288 g/mol. The van der Waals surface area contributed by atoms with Crippen molar-refractivity contribution in [3.63, 3.8) is 0 Å². The van der Waals surface area contributed by atoms with Gasteiger partial charge in [0.15, 0.2) is 5.65 Å². The van der Waals surface area contributed by atoms with Gasteiger partial charge in [-0.25, -0.2) is 9.97 Å². The van der Waals surface area contributed by atoms with Crippen LogP contribution in [0.5, 0.6) is 0 Å². The minimum Gasteiger partial charge on any atom is -0.368 e. The first kappa shape index (κ1) is 14.3. The summed E-state index contributed by atoms with van der Waals surface area (Å²) in [4.78, 5) is 11.8. The van der Waals surface area contributed by atoms with E-state index in [0.29, 0.717) is 0 Å². The molecule has 3 rings (SSSR count). The molecule has 0 atom stereocenters. The summed E-state index contributed by atoms with van der Waals surface area (Å²) in [6, 6.07) is 0. The van der Waals surface area contributed by atoms with Crippen molar-refractivity contribution < 1.29 is 0 Å². The summed E-state index contributed by atoms with van der Waals surface area (Å²) in [6.45, 7) is 6.61. The van der Waals surface area contributed by atoms with Crippen LogP contribution >= 0.6 is 0 Å². The zero-order valence-electron chi connectivity index (χ0n) is 13.0. The van der Waals surface area contributed by atoms with Crippen LogP contribution in [0.2, 0.25) is 0 Å². The Balaban J connectivity index is 1.75. The van der Waals surface area contributed by atoms with Crippen molar-refractivity contribution in [3.05, 3.63) is 12.0 Å². The molecule has 0 radical (unpaired) electrons. The molecule has 1 fully saturated rings. The van der Waals surface area contributed by atoms with Crippen LogP contribution in [-0.2, 0) is 13.5 Å². The molecular formula is C15H24N6. The van der Waals surface area contributed by atoms with Crippen molar-refractivity contribution in [2.45, 2.75) is 32.6 Å². The molecule has 3 heterocycles. The molecule has 6 nitrogen and oxygen atoms in total. The Morgan fingerprint density at radius 1 is 1.24 bits per heavy atom. The van der Waals surface area contributed by atoms with Gasteiger partial charge in [-0.3, -0.25) is 4.68 Å². The van der Waals surface area contributed by atoms with E-state index in [1.165, 1.54) is 25.9 Å². The van der Waals surface area contributed by atoms with Crippen LogP contribution in [0.4, 0.5) is 5.82 Å². The van der Waals surface area contributed by atoms with Crippen molar-refractivity contribution in [2.24, 2.45) is 7.05 Å². The minimum atomic E-state index is 0.900. The van der Waals surface area contributed by atoms with Gasteiger partial charge in [-0.15, -0.1) is 0 Å². The van der Waals surface area contributed by atoms with Crippen LogP contribution < -0.4 is 5.32 Å². The van der Waals surface area contributed by atoms with Gasteiger partial charge >= 0.3 is 0 Å². The fraction of sp³-hybridized carbons (Fsp3) is 0.667. The Morgan fingerprint density at radius 3 is 2.81 bits per heavy atom. The van der Waals surface area contributed by atoms with Gasteiger partial charge in [0.2, 0.25) is 0 Å². The third kappa shape index (κ3) is 3.15. The summed E-state index contributed by atoms with van der Waals surface area (Å²) in [5.74, 6) is 1.83. The molecule has 0 unspecified atom stereocenters. The van der Waals surface area contributed by atoms with Gasteiger partial charge in [-0.1, -0.05) is 6.92 Å². The maximum absolute atomic E-state index is 4.67. The molecule has 2 aromatic heterocycles. The number of aryl methyl sites for hydroxylation is 2. The SMILES string of the molecule is CCCc1nc(NCCN2CCCC2)c2cnn(C)c2n1. The summed E-state index contributed by atoms with van der Waals surface area (Å²) < 4.78 is 1.82. The molecule has 0 saturated carbocycles. The molecule has 1 aliphatic heterocycles. The number of nitrogens with one attached hydrogen (secondary N) is 1. The first-order valence-electron chi connectivity index (χ1n) is 7.93. The number of fused-ring (bicyclic) bond motifs is 1. The summed E-state index contributed by atoms with van der Waals surface area (Å²) in [5.41, 5.74) is 0.914. The normalized spacial score (nSPS) is 15.9. The zero-order chi connectivity index (χ0) is 14.7. The highest BCUT2D eigenvalue weighted by molar-refractivity contribution is 5.86. The molecular weight excluding hydrogens is 264 g/mol. The molecule has 6 heteroatoms. The van der Waals surface area contributed by atoms with E-state index < -0.39 is 0 Å². The van der Waals surface area contributed by atoms with E-state index in [0.717, 1.165) is 48.6 Å². The summed E-state index contributed by atoms with van der Waals surface area (Å²) >= 11 is 0. The molecule has 0 aromatic carbocycles. The van der Waals surface area contributed by atoms with Crippen LogP contribution in [-0.4, -0.2) is 50.8 Å². The van der Waals surface area contributed by atoms with Crippen molar-refractivity contribution in [2.75, 3.05) is 31.5 Å². The number of likely N-dealkylation sites (tertiary alicyclic amines) is 1. The van der Waals surface area contributed by atoms with Crippen molar-refractivity contribution in [1.82, 2.24) is 24.6 Å². The van der Waals surface area contributed by atoms with Crippen molar-refractivity contribution in [3.8, 4) is 0 Å². The fourth-order valence-corrected chi connectivity index (χ4v) is 2.88. The molecule has 114 valence electrons. The van der Waals surface area contributed by atoms with Gasteiger partial charge < -0.3 is 10.2 Å². The third-order valence-electron chi connectivity index (χ3n) is 4.03. The average Bonchev–Trinajstić information content (AvgIpc) is 3.10. The van der Waals surface area contributed by atoms with E-state index in [1.54, 1.807) is 0 Å². The standard InChI is InChI=1S/C15H24N6/c1-3-6-13-18-14(12-11-17-20(2)15(12)19-13)16-7-10-21-8-4-5-9-21/h11H,3-10H2,1-2H3,(H,16,18,19). The Hall–Kier alpha value is -1.69. The lowest BCUT2D eigenvalue weighted by atomic mass is 10.3. The minimum absolute atomic E-state index is 0.900. The second-order valence-corrected chi connectivity index (χ2v) is 5.72. The first-order valence-corrected chi connectivity index (χ1v) is 7.93.